The van der Waals surface area contributed by atoms with E-state index in [1.165, 1.54) is 4.90 Å². The molecule has 1 saturated heterocycles. The van der Waals surface area contributed by atoms with Gasteiger partial charge in [0.05, 0.1) is 17.8 Å². The highest BCUT2D eigenvalue weighted by Gasteiger charge is 2.49. The molecular weight excluding hydrogens is 414 g/mol. The average Bonchev–Trinajstić information content (AvgIpc) is 3.14. The van der Waals surface area contributed by atoms with Crippen molar-refractivity contribution in [1.82, 2.24) is 19.8 Å². The van der Waals surface area contributed by atoms with E-state index in [9.17, 15) is 18.4 Å². The van der Waals surface area contributed by atoms with Crippen LogP contribution in [0.2, 0.25) is 5.02 Å². The van der Waals surface area contributed by atoms with Crippen molar-refractivity contribution in [1.29, 1.82) is 0 Å². The quantitative estimate of drug-likeness (QED) is 0.727. The summed E-state index contributed by atoms with van der Waals surface area (Å²) in [6.07, 6.45) is -0.0925. The minimum Gasteiger partial charge on any atom is -0.331 e. The van der Waals surface area contributed by atoms with Crippen LogP contribution >= 0.6 is 11.6 Å². The van der Waals surface area contributed by atoms with Gasteiger partial charge in [0.25, 0.3) is 0 Å². The number of aryl methyl sites for hydroxylation is 1. The molecule has 0 unspecified atom stereocenters. The SMILES string of the molecule is Cc1nc(C(=O)CN2CC3(CCC(F)(F)CC3)NC2=O)c(C)n1-c1cccc(Cl)c1. The number of nitrogens with zero attached hydrogens (tertiary/aromatic N) is 3. The van der Waals surface area contributed by atoms with E-state index in [4.69, 9.17) is 11.6 Å². The summed E-state index contributed by atoms with van der Waals surface area (Å²) in [5.74, 6) is -2.33. The number of Topliss-reactive ketones (excluding diaryl/α,β-unsaturated/α-hetero) is 1. The van der Waals surface area contributed by atoms with Gasteiger partial charge in [-0.15, -0.1) is 0 Å². The minimum atomic E-state index is -2.68. The molecule has 0 radical (unpaired) electrons. The second kappa shape index (κ2) is 7.34. The molecule has 1 aliphatic heterocycles. The first-order chi connectivity index (χ1) is 14.1. The van der Waals surface area contributed by atoms with Gasteiger partial charge in [-0.05, 0) is 44.9 Å². The molecule has 2 aliphatic rings. The Labute approximate surface area is 178 Å². The van der Waals surface area contributed by atoms with Crippen LogP contribution in [0.3, 0.4) is 0 Å². The number of benzene rings is 1. The standard InChI is InChI=1S/C21H23ClF2N4O2/c1-13-18(25-14(2)28(13)16-5-3-4-15(22)10-16)17(29)11-27-12-20(26-19(27)30)6-8-21(23,24)9-7-20/h3-5,10H,6-9,11-12H2,1-2H3,(H,26,30). The lowest BCUT2D eigenvalue weighted by atomic mass is 9.80. The van der Waals surface area contributed by atoms with Crippen molar-refractivity contribution in [2.75, 3.05) is 13.1 Å². The normalized spacial score (nSPS) is 19.9. The fraction of sp³-hybridized carbons (Fsp3) is 0.476. The van der Waals surface area contributed by atoms with Crippen LogP contribution < -0.4 is 5.32 Å². The van der Waals surface area contributed by atoms with Gasteiger partial charge in [-0.25, -0.2) is 18.6 Å². The molecule has 6 nitrogen and oxygen atoms in total. The number of amides is 2. The van der Waals surface area contributed by atoms with Crippen molar-refractivity contribution >= 4 is 23.4 Å². The molecule has 0 bridgehead atoms. The molecule has 0 atom stereocenters. The summed E-state index contributed by atoms with van der Waals surface area (Å²) in [6.45, 7) is 3.70. The van der Waals surface area contributed by atoms with Gasteiger partial charge in [-0.2, -0.15) is 0 Å². The van der Waals surface area contributed by atoms with Crippen LogP contribution in [-0.4, -0.2) is 50.8 Å². The van der Waals surface area contributed by atoms with E-state index in [0.29, 0.717) is 16.5 Å². The van der Waals surface area contributed by atoms with E-state index in [1.54, 1.807) is 26.0 Å². The average molecular weight is 437 g/mol. The second-order valence-corrected chi connectivity index (χ2v) is 8.69. The summed E-state index contributed by atoms with van der Waals surface area (Å²) in [4.78, 5) is 31.2. The Hall–Kier alpha value is -2.48. The highest BCUT2D eigenvalue weighted by Crippen LogP contribution is 2.40. The van der Waals surface area contributed by atoms with E-state index in [-0.39, 0.29) is 50.2 Å². The summed E-state index contributed by atoms with van der Waals surface area (Å²) >= 11 is 6.09. The van der Waals surface area contributed by atoms with Crippen molar-refractivity contribution in [3.63, 3.8) is 0 Å². The topological polar surface area (TPSA) is 67.2 Å². The predicted molar refractivity (Wildman–Crippen MR) is 109 cm³/mol. The molecule has 2 aromatic rings. The monoisotopic (exact) mass is 436 g/mol. The van der Waals surface area contributed by atoms with Gasteiger partial charge < -0.3 is 14.8 Å². The molecule has 1 aliphatic carbocycles. The molecule has 160 valence electrons. The third kappa shape index (κ3) is 3.80. The van der Waals surface area contributed by atoms with Gasteiger partial charge in [-0.1, -0.05) is 17.7 Å². The molecule has 2 fully saturated rings. The highest BCUT2D eigenvalue weighted by atomic mass is 35.5. The first-order valence-electron chi connectivity index (χ1n) is 9.89. The van der Waals surface area contributed by atoms with Gasteiger partial charge in [-0.3, -0.25) is 4.79 Å². The molecule has 1 aromatic heterocycles. The number of rotatable bonds is 4. The van der Waals surface area contributed by atoms with E-state index in [1.807, 2.05) is 16.7 Å². The van der Waals surface area contributed by atoms with Crippen LogP contribution in [0.5, 0.6) is 0 Å². The maximum Gasteiger partial charge on any atom is 0.318 e. The number of ketones is 1. The minimum absolute atomic E-state index is 0.142. The maximum absolute atomic E-state index is 13.5. The lowest BCUT2D eigenvalue weighted by Gasteiger charge is -2.36. The van der Waals surface area contributed by atoms with E-state index < -0.39 is 17.5 Å². The van der Waals surface area contributed by atoms with Gasteiger partial charge in [0.1, 0.15) is 11.5 Å². The Balaban J connectivity index is 1.51. The van der Waals surface area contributed by atoms with Crippen molar-refractivity contribution in [2.45, 2.75) is 51.0 Å². The molecule has 2 amide bonds. The van der Waals surface area contributed by atoms with Crippen LogP contribution in [0, 0.1) is 13.8 Å². The van der Waals surface area contributed by atoms with Crippen LogP contribution in [0.25, 0.3) is 5.69 Å². The largest absolute Gasteiger partial charge is 0.331 e. The van der Waals surface area contributed by atoms with Gasteiger partial charge >= 0.3 is 6.03 Å². The molecular formula is C21H23ClF2N4O2. The van der Waals surface area contributed by atoms with Gasteiger partial charge in [0, 0.05) is 30.1 Å². The predicted octanol–water partition coefficient (Wildman–Crippen LogP) is 4.30. The molecule has 1 saturated carbocycles. The van der Waals surface area contributed by atoms with E-state index in [2.05, 4.69) is 10.3 Å². The van der Waals surface area contributed by atoms with Crippen LogP contribution in [0.4, 0.5) is 13.6 Å². The smallest absolute Gasteiger partial charge is 0.318 e. The number of hydrogen-bond donors (Lipinski definition) is 1. The van der Waals surface area contributed by atoms with Crippen molar-refractivity contribution in [3.05, 3.63) is 46.5 Å². The summed E-state index contributed by atoms with van der Waals surface area (Å²) in [6, 6.07) is 6.85. The number of aromatic nitrogens is 2. The third-order valence-corrected chi connectivity index (χ3v) is 6.27. The summed E-state index contributed by atoms with van der Waals surface area (Å²) in [5.41, 5.74) is 1.07. The van der Waals surface area contributed by atoms with Crippen LogP contribution in [-0.2, 0) is 0 Å². The molecule has 2 heterocycles. The zero-order chi connectivity index (χ0) is 21.7. The Bertz CT molecular complexity index is 1010. The lowest BCUT2D eigenvalue weighted by Crippen LogP contribution is -2.48. The Kier molecular flexibility index (Phi) is 5.08. The summed E-state index contributed by atoms with van der Waals surface area (Å²) in [7, 11) is 0. The molecule has 30 heavy (non-hydrogen) atoms. The van der Waals surface area contributed by atoms with Crippen molar-refractivity contribution in [3.8, 4) is 5.69 Å². The van der Waals surface area contributed by atoms with Crippen molar-refractivity contribution < 1.29 is 18.4 Å². The fourth-order valence-electron chi connectivity index (χ4n) is 4.44. The molecule has 1 N–H and O–H groups in total. The summed E-state index contributed by atoms with van der Waals surface area (Å²) in [5, 5.41) is 3.41. The zero-order valence-corrected chi connectivity index (χ0v) is 17.6. The van der Waals surface area contributed by atoms with E-state index >= 15 is 0 Å². The maximum atomic E-state index is 13.5. The van der Waals surface area contributed by atoms with Crippen LogP contribution in [0.1, 0.15) is 47.7 Å². The highest BCUT2D eigenvalue weighted by molar-refractivity contribution is 6.30. The number of carbonyl (C=O) groups excluding carboxylic acids is 2. The fourth-order valence-corrected chi connectivity index (χ4v) is 4.62. The van der Waals surface area contributed by atoms with Gasteiger partial charge in [0.2, 0.25) is 11.7 Å². The lowest BCUT2D eigenvalue weighted by molar-refractivity contribution is -0.0522. The molecule has 4 rings (SSSR count). The number of urea groups is 1. The number of alkyl halides is 2. The van der Waals surface area contributed by atoms with Crippen molar-refractivity contribution in [2.24, 2.45) is 0 Å². The second-order valence-electron chi connectivity index (χ2n) is 8.25. The Morgan fingerprint density at radius 2 is 1.93 bits per heavy atom. The van der Waals surface area contributed by atoms with Gasteiger partial charge in [0.15, 0.2) is 0 Å². The third-order valence-electron chi connectivity index (χ3n) is 6.03. The number of carbonyl (C=O) groups is 2. The Morgan fingerprint density at radius 3 is 2.60 bits per heavy atom. The summed E-state index contributed by atoms with van der Waals surface area (Å²) < 4.78 is 28.9. The number of halogens is 3. The number of nitrogens with one attached hydrogen (secondary N) is 1. The van der Waals surface area contributed by atoms with Crippen LogP contribution in [0.15, 0.2) is 24.3 Å². The number of hydrogen-bond acceptors (Lipinski definition) is 3. The van der Waals surface area contributed by atoms with E-state index in [0.717, 1.165) is 5.69 Å². The molecule has 1 spiro atoms. The first-order valence-corrected chi connectivity index (χ1v) is 10.3. The molecule has 9 heteroatoms. The zero-order valence-electron chi connectivity index (χ0n) is 16.8. The first kappa shape index (κ1) is 20.8. The number of imidazole rings is 1. The Morgan fingerprint density at radius 1 is 1.23 bits per heavy atom. The molecule has 1 aromatic carbocycles.